The first-order chi connectivity index (χ1) is 7.83. The Balaban J connectivity index is 2.06. The van der Waals surface area contributed by atoms with Crippen LogP contribution in [-0.4, -0.2) is 36.8 Å². The van der Waals surface area contributed by atoms with Crippen LogP contribution in [0.1, 0.15) is 5.56 Å². The number of hydrogen-bond donors (Lipinski definition) is 2. The Bertz CT molecular complexity index is 269. The minimum atomic E-state index is -0.480. The maximum Gasteiger partial charge on any atom is 0.0897 e. The number of nitrogens with one attached hydrogen (secondary N) is 1. The van der Waals surface area contributed by atoms with Crippen LogP contribution in [0.5, 0.6) is 0 Å². The van der Waals surface area contributed by atoms with Crippen molar-refractivity contribution < 1.29 is 9.84 Å². The van der Waals surface area contributed by atoms with E-state index in [0.717, 1.165) is 5.56 Å². The predicted molar refractivity (Wildman–Crippen MR) is 65.7 cm³/mol. The molecule has 0 amide bonds. The van der Waals surface area contributed by atoms with Gasteiger partial charge in [0.05, 0.1) is 19.3 Å². The van der Waals surface area contributed by atoms with Gasteiger partial charge in [0, 0.05) is 19.0 Å². The zero-order valence-electron chi connectivity index (χ0n) is 9.23. The van der Waals surface area contributed by atoms with Crippen LogP contribution in [0.4, 0.5) is 0 Å². The number of halogens is 1. The second kappa shape index (κ2) is 8.53. The molecule has 1 rings (SSSR count). The second-order valence-corrected chi connectivity index (χ2v) is 3.93. The third kappa shape index (κ3) is 6.08. The summed E-state index contributed by atoms with van der Waals surface area (Å²) < 4.78 is 5.39. The van der Waals surface area contributed by atoms with Gasteiger partial charge in [0.2, 0.25) is 0 Å². The van der Waals surface area contributed by atoms with E-state index < -0.39 is 6.10 Å². The summed E-state index contributed by atoms with van der Waals surface area (Å²) in [7, 11) is 0. The minimum absolute atomic E-state index is 0.337. The summed E-state index contributed by atoms with van der Waals surface area (Å²) in [6.45, 7) is 2.09. The molecule has 0 spiro atoms. The van der Waals surface area contributed by atoms with Gasteiger partial charge >= 0.3 is 0 Å². The minimum Gasteiger partial charge on any atom is -0.389 e. The Morgan fingerprint density at radius 1 is 1.31 bits per heavy atom. The van der Waals surface area contributed by atoms with Crippen LogP contribution in [0.2, 0.25) is 0 Å². The topological polar surface area (TPSA) is 41.5 Å². The van der Waals surface area contributed by atoms with Crippen LogP contribution in [0.25, 0.3) is 0 Å². The summed E-state index contributed by atoms with van der Waals surface area (Å²) in [5.74, 6) is 0.553. The molecule has 0 aliphatic carbocycles. The standard InChI is InChI=1S/C12H18ClNO2/c13-6-7-14-8-12(15)10-16-9-11-4-2-1-3-5-11/h1-5,12,14-15H,6-10H2/t12-/m1/s1. The molecule has 3 nitrogen and oxygen atoms in total. The van der Waals surface area contributed by atoms with Crippen LogP contribution >= 0.6 is 11.6 Å². The first kappa shape index (κ1) is 13.5. The van der Waals surface area contributed by atoms with E-state index in [-0.39, 0.29) is 0 Å². The summed E-state index contributed by atoms with van der Waals surface area (Å²) in [6.07, 6.45) is -0.480. The molecular weight excluding hydrogens is 226 g/mol. The van der Waals surface area contributed by atoms with E-state index in [9.17, 15) is 5.11 Å². The van der Waals surface area contributed by atoms with Crippen molar-refractivity contribution in [3.63, 3.8) is 0 Å². The smallest absolute Gasteiger partial charge is 0.0897 e. The zero-order valence-corrected chi connectivity index (χ0v) is 9.99. The van der Waals surface area contributed by atoms with E-state index in [2.05, 4.69) is 5.32 Å². The van der Waals surface area contributed by atoms with Gasteiger partial charge in [-0.3, -0.25) is 0 Å². The second-order valence-electron chi connectivity index (χ2n) is 3.55. The van der Waals surface area contributed by atoms with Crippen LogP contribution < -0.4 is 5.32 Å². The third-order valence-corrected chi connectivity index (χ3v) is 2.26. The summed E-state index contributed by atoms with van der Waals surface area (Å²) in [4.78, 5) is 0. The van der Waals surface area contributed by atoms with Gasteiger partial charge in [-0.05, 0) is 5.56 Å². The third-order valence-electron chi connectivity index (χ3n) is 2.07. The van der Waals surface area contributed by atoms with Gasteiger partial charge in [-0.25, -0.2) is 0 Å². The van der Waals surface area contributed by atoms with Gasteiger partial charge in [-0.1, -0.05) is 30.3 Å². The fourth-order valence-electron chi connectivity index (χ4n) is 1.28. The predicted octanol–water partition coefficient (Wildman–Crippen LogP) is 1.39. The summed E-state index contributed by atoms with van der Waals surface area (Å²) in [5, 5.41) is 12.5. The number of benzene rings is 1. The van der Waals surface area contributed by atoms with E-state index >= 15 is 0 Å². The van der Waals surface area contributed by atoms with Crippen molar-refractivity contribution in [2.45, 2.75) is 12.7 Å². The Morgan fingerprint density at radius 2 is 2.06 bits per heavy atom. The lowest BCUT2D eigenvalue weighted by atomic mass is 10.2. The van der Waals surface area contributed by atoms with E-state index in [1.54, 1.807) is 0 Å². The maximum absolute atomic E-state index is 9.52. The average molecular weight is 244 g/mol. The maximum atomic E-state index is 9.52. The molecule has 1 aromatic carbocycles. The van der Waals surface area contributed by atoms with Gasteiger partial charge in [-0.2, -0.15) is 0 Å². The van der Waals surface area contributed by atoms with Crippen molar-refractivity contribution in [2.75, 3.05) is 25.6 Å². The van der Waals surface area contributed by atoms with E-state index in [0.29, 0.717) is 32.2 Å². The zero-order chi connectivity index (χ0) is 11.6. The van der Waals surface area contributed by atoms with Gasteiger partial charge < -0.3 is 15.2 Å². The Kier molecular flexibility index (Phi) is 7.17. The van der Waals surface area contributed by atoms with Crippen molar-refractivity contribution in [3.8, 4) is 0 Å². The van der Waals surface area contributed by atoms with Gasteiger partial charge in [-0.15, -0.1) is 11.6 Å². The Hall–Kier alpha value is -0.610. The quantitative estimate of drug-likeness (QED) is 0.536. The van der Waals surface area contributed by atoms with Gasteiger partial charge in [0.15, 0.2) is 0 Å². The molecular formula is C12H18ClNO2. The molecule has 0 unspecified atom stereocenters. The molecule has 16 heavy (non-hydrogen) atoms. The van der Waals surface area contributed by atoms with Gasteiger partial charge in [0.1, 0.15) is 0 Å². The van der Waals surface area contributed by atoms with E-state index in [1.165, 1.54) is 0 Å². The molecule has 0 bridgehead atoms. The number of ether oxygens (including phenoxy) is 1. The first-order valence-electron chi connectivity index (χ1n) is 5.39. The number of hydrogen-bond acceptors (Lipinski definition) is 3. The molecule has 0 aliphatic heterocycles. The molecule has 1 aromatic rings. The highest BCUT2D eigenvalue weighted by atomic mass is 35.5. The van der Waals surface area contributed by atoms with Crippen molar-refractivity contribution in [2.24, 2.45) is 0 Å². The fourth-order valence-corrected chi connectivity index (χ4v) is 1.42. The molecule has 0 saturated heterocycles. The van der Waals surface area contributed by atoms with Crippen LogP contribution in [-0.2, 0) is 11.3 Å². The SMILES string of the molecule is O[C@H](CNCCCl)COCc1ccccc1. The monoisotopic (exact) mass is 243 g/mol. The normalized spacial score (nSPS) is 12.6. The number of alkyl halides is 1. The van der Waals surface area contributed by atoms with Crippen LogP contribution in [0, 0.1) is 0 Å². The molecule has 0 heterocycles. The molecule has 0 radical (unpaired) electrons. The van der Waals surface area contributed by atoms with Crippen LogP contribution in [0.15, 0.2) is 30.3 Å². The van der Waals surface area contributed by atoms with Crippen molar-refractivity contribution in [1.29, 1.82) is 0 Å². The first-order valence-corrected chi connectivity index (χ1v) is 5.93. The number of aliphatic hydroxyl groups excluding tert-OH is 1. The fraction of sp³-hybridized carbons (Fsp3) is 0.500. The highest BCUT2D eigenvalue weighted by molar-refractivity contribution is 6.18. The van der Waals surface area contributed by atoms with E-state index in [1.807, 2.05) is 30.3 Å². The largest absolute Gasteiger partial charge is 0.389 e. The lowest BCUT2D eigenvalue weighted by molar-refractivity contribution is 0.0291. The highest BCUT2D eigenvalue weighted by Crippen LogP contribution is 2.00. The molecule has 0 saturated carbocycles. The Labute approximate surface area is 101 Å². The molecule has 0 fully saturated rings. The van der Waals surface area contributed by atoms with Crippen molar-refractivity contribution in [3.05, 3.63) is 35.9 Å². The summed E-state index contributed by atoms with van der Waals surface area (Å²) in [6, 6.07) is 9.90. The number of aliphatic hydroxyl groups is 1. The van der Waals surface area contributed by atoms with Gasteiger partial charge in [0.25, 0.3) is 0 Å². The highest BCUT2D eigenvalue weighted by Gasteiger charge is 2.03. The van der Waals surface area contributed by atoms with Crippen molar-refractivity contribution >= 4 is 11.6 Å². The number of rotatable bonds is 8. The van der Waals surface area contributed by atoms with E-state index in [4.69, 9.17) is 16.3 Å². The van der Waals surface area contributed by atoms with Crippen molar-refractivity contribution in [1.82, 2.24) is 5.32 Å². The van der Waals surface area contributed by atoms with Crippen LogP contribution in [0.3, 0.4) is 0 Å². The molecule has 90 valence electrons. The molecule has 2 N–H and O–H groups in total. The molecule has 4 heteroatoms. The summed E-state index contributed by atoms with van der Waals surface area (Å²) >= 11 is 5.49. The molecule has 1 atom stereocenters. The molecule has 0 aromatic heterocycles. The lowest BCUT2D eigenvalue weighted by Gasteiger charge is -2.11. The lowest BCUT2D eigenvalue weighted by Crippen LogP contribution is -2.31. The average Bonchev–Trinajstić information content (AvgIpc) is 2.31. The molecule has 0 aliphatic rings. The summed E-state index contributed by atoms with van der Waals surface area (Å²) in [5.41, 5.74) is 1.11. The Morgan fingerprint density at radius 3 is 2.75 bits per heavy atom.